The number of hydrogen-bond acceptors (Lipinski definition) is 4. The van der Waals surface area contributed by atoms with Crippen LogP contribution in [0.2, 0.25) is 0 Å². The van der Waals surface area contributed by atoms with E-state index < -0.39 is 0 Å². The molecule has 0 saturated heterocycles. The van der Waals surface area contributed by atoms with Crippen molar-refractivity contribution in [3.05, 3.63) is 24.0 Å². The molecule has 90 valence electrons. The van der Waals surface area contributed by atoms with Gasteiger partial charge in [0.05, 0.1) is 24.6 Å². The van der Waals surface area contributed by atoms with Gasteiger partial charge in [0.1, 0.15) is 5.82 Å². The molecule has 2 aromatic rings. The van der Waals surface area contributed by atoms with Gasteiger partial charge < -0.3 is 15.0 Å². The molecule has 2 rings (SSSR count). The zero-order valence-electron chi connectivity index (χ0n) is 9.91. The van der Waals surface area contributed by atoms with Crippen LogP contribution in [0.3, 0.4) is 0 Å². The summed E-state index contributed by atoms with van der Waals surface area (Å²) in [6, 6.07) is 5.87. The summed E-state index contributed by atoms with van der Waals surface area (Å²) >= 11 is 0. The van der Waals surface area contributed by atoms with Crippen molar-refractivity contribution in [1.82, 2.24) is 9.97 Å². The second-order valence-electron chi connectivity index (χ2n) is 3.81. The maximum atomic E-state index is 10.9. The third-order valence-electron chi connectivity index (χ3n) is 2.49. The van der Waals surface area contributed by atoms with Crippen molar-refractivity contribution in [1.29, 1.82) is 0 Å². The number of ether oxygens (including phenoxy) is 1. The summed E-state index contributed by atoms with van der Waals surface area (Å²) in [6.07, 6.45) is 0.358. The molecule has 2 N–H and O–H groups in total. The highest BCUT2D eigenvalue weighted by molar-refractivity contribution is 5.79. The Hall–Kier alpha value is -2.04. The topological polar surface area (TPSA) is 67.0 Å². The van der Waals surface area contributed by atoms with E-state index in [1.807, 2.05) is 25.1 Å². The van der Waals surface area contributed by atoms with Gasteiger partial charge in [-0.05, 0) is 25.1 Å². The number of fused-ring (bicyclic) bond motifs is 1. The summed E-state index contributed by atoms with van der Waals surface area (Å²) < 4.78 is 4.57. The second-order valence-corrected chi connectivity index (χ2v) is 3.81. The Bertz CT molecular complexity index is 534. The minimum atomic E-state index is -0.212. The molecule has 0 amide bonds. The number of nitrogens with one attached hydrogen (secondary N) is 2. The number of esters is 1. The first kappa shape index (κ1) is 11.4. The maximum Gasteiger partial charge on any atom is 0.307 e. The number of anilines is 1. The van der Waals surface area contributed by atoms with Crippen molar-refractivity contribution in [2.24, 2.45) is 0 Å². The van der Waals surface area contributed by atoms with Gasteiger partial charge in [-0.1, -0.05) is 0 Å². The van der Waals surface area contributed by atoms with E-state index in [0.29, 0.717) is 13.0 Å². The largest absolute Gasteiger partial charge is 0.469 e. The Morgan fingerprint density at radius 3 is 3.12 bits per heavy atom. The zero-order valence-corrected chi connectivity index (χ0v) is 9.91. The van der Waals surface area contributed by atoms with Crippen LogP contribution < -0.4 is 5.32 Å². The van der Waals surface area contributed by atoms with Gasteiger partial charge in [-0.15, -0.1) is 0 Å². The molecule has 17 heavy (non-hydrogen) atoms. The first-order valence-electron chi connectivity index (χ1n) is 5.46. The van der Waals surface area contributed by atoms with E-state index >= 15 is 0 Å². The number of benzene rings is 1. The van der Waals surface area contributed by atoms with Crippen LogP contribution in [0.5, 0.6) is 0 Å². The van der Waals surface area contributed by atoms with Gasteiger partial charge in [-0.3, -0.25) is 4.79 Å². The molecule has 0 radical (unpaired) electrons. The fourth-order valence-electron chi connectivity index (χ4n) is 1.66. The minimum absolute atomic E-state index is 0.212. The van der Waals surface area contributed by atoms with Crippen LogP contribution in [0.1, 0.15) is 12.2 Å². The molecular weight excluding hydrogens is 218 g/mol. The van der Waals surface area contributed by atoms with E-state index in [9.17, 15) is 4.79 Å². The molecule has 5 heteroatoms. The van der Waals surface area contributed by atoms with Crippen molar-refractivity contribution < 1.29 is 9.53 Å². The van der Waals surface area contributed by atoms with E-state index in [4.69, 9.17) is 0 Å². The summed E-state index contributed by atoms with van der Waals surface area (Å²) in [5.41, 5.74) is 2.90. The van der Waals surface area contributed by atoms with Crippen LogP contribution in [0.25, 0.3) is 11.0 Å². The van der Waals surface area contributed by atoms with Crippen LogP contribution in [0, 0.1) is 6.92 Å². The standard InChI is InChI=1S/C12H15N3O2/c1-8-14-10-4-3-9(7-11(10)15-8)13-6-5-12(16)17-2/h3-4,7,13H,5-6H2,1-2H3,(H,14,15). The van der Waals surface area contributed by atoms with Gasteiger partial charge in [0.2, 0.25) is 0 Å². The Labute approximate surface area is 99.2 Å². The first-order valence-corrected chi connectivity index (χ1v) is 5.46. The van der Waals surface area contributed by atoms with Crippen molar-refractivity contribution in [3.8, 4) is 0 Å². The van der Waals surface area contributed by atoms with E-state index in [0.717, 1.165) is 22.5 Å². The Morgan fingerprint density at radius 1 is 1.53 bits per heavy atom. The van der Waals surface area contributed by atoms with Gasteiger partial charge in [-0.2, -0.15) is 0 Å². The number of methoxy groups -OCH3 is 1. The highest BCUT2D eigenvalue weighted by Crippen LogP contribution is 2.16. The molecule has 0 aliphatic heterocycles. The number of imidazole rings is 1. The fourth-order valence-corrected chi connectivity index (χ4v) is 1.66. The third kappa shape index (κ3) is 2.75. The molecule has 0 unspecified atom stereocenters. The highest BCUT2D eigenvalue weighted by atomic mass is 16.5. The second kappa shape index (κ2) is 4.86. The van der Waals surface area contributed by atoms with E-state index in [1.54, 1.807) is 0 Å². The lowest BCUT2D eigenvalue weighted by molar-refractivity contribution is -0.140. The van der Waals surface area contributed by atoms with Gasteiger partial charge in [0.15, 0.2) is 0 Å². The molecule has 0 fully saturated rings. The minimum Gasteiger partial charge on any atom is -0.469 e. The maximum absolute atomic E-state index is 10.9. The number of aromatic nitrogens is 2. The summed E-state index contributed by atoms with van der Waals surface area (Å²) in [7, 11) is 1.39. The average molecular weight is 233 g/mol. The number of nitrogens with zero attached hydrogens (tertiary/aromatic N) is 1. The number of aryl methyl sites for hydroxylation is 1. The predicted octanol–water partition coefficient (Wildman–Crippen LogP) is 1.85. The van der Waals surface area contributed by atoms with Crippen LogP contribution >= 0.6 is 0 Å². The van der Waals surface area contributed by atoms with E-state index in [-0.39, 0.29) is 5.97 Å². The van der Waals surface area contributed by atoms with Crippen molar-refractivity contribution in [2.45, 2.75) is 13.3 Å². The lowest BCUT2D eigenvalue weighted by Crippen LogP contribution is -2.09. The van der Waals surface area contributed by atoms with Gasteiger partial charge in [0.25, 0.3) is 0 Å². The molecule has 0 aliphatic carbocycles. The van der Waals surface area contributed by atoms with Gasteiger partial charge in [-0.25, -0.2) is 4.98 Å². The molecule has 0 spiro atoms. The average Bonchev–Trinajstić information content (AvgIpc) is 2.68. The number of carbonyl (C=O) groups excluding carboxylic acids is 1. The highest BCUT2D eigenvalue weighted by Gasteiger charge is 2.02. The van der Waals surface area contributed by atoms with Crippen molar-refractivity contribution >= 4 is 22.7 Å². The molecule has 0 bridgehead atoms. The third-order valence-corrected chi connectivity index (χ3v) is 2.49. The Morgan fingerprint density at radius 2 is 2.35 bits per heavy atom. The Kier molecular flexibility index (Phi) is 3.27. The molecule has 5 nitrogen and oxygen atoms in total. The Balaban J connectivity index is 2.01. The SMILES string of the molecule is COC(=O)CCNc1ccc2nc(C)[nH]c2c1. The summed E-state index contributed by atoms with van der Waals surface area (Å²) in [4.78, 5) is 18.4. The van der Waals surface area contributed by atoms with Gasteiger partial charge >= 0.3 is 5.97 Å². The van der Waals surface area contributed by atoms with Crippen LogP contribution in [0.4, 0.5) is 5.69 Å². The molecule has 0 saturated carbocycles. The van der Waals surface area contributed by atoms with Gasteiger partial charge in [0, 0.05) is 12.2 Å². The summed E-state index contributed by atoms with van der Waals surface area (Å²) in [5.74, 6) is 0.683. The molecule has 0 aliphatic rings. The number of carbonyl (C=O) groups is 1. The monoisotopic (exact) mass is 233 g/mol. The summed E-state index contributed by atoms with van der Waals surface area (Å²) in [5, 5.41) is 3.16. The van der Waals surface area contributed by atoms with Crippen molar-refractivity contribution in [2.75, 3.05) is 19.0 Å². The predicted molar refractivity (Wildman–Crippen MR) is 66.0 cm³/mol. The smallest absolute Gasteiger partial charge is 0.307 e. The lowest BCUT2D eigenvalue weighted by atomic mass is 10.2. The van der Waals surface area contributed by atoms with E-state index in [1.165, 1.54) is 7.11 Å². The van der Waals surface area contributed by atoms with Crippen molar-refractivity contribution in [3.63, 3.8) is 0 Å². The molecule has 1 aromatic heterocycles. The molecular formula is C12H15N3O2. The van der Waals surface area contributed by atoms with Crippen LogP contribution in [-0.4, -0.2) is 29.6 Å². The molecule has 0 atom stereocenters. The number of hydrogen-bond donors (Lipinski definition) is 2. The lowest BCUT2D eigenvalue weighted by Gasteiger charge is -2.05. The van der Waals surface area contributed by atoms with Crippen LogP contribution in [0.15, 0.2) is 18.2 Å². The number of H-pyrrole nitrogens is 1. The van der Waals surface area contributed by atoms with E-state index in [2.05, 4.69) is 20.0 Å². The number of aromatic amines is 1. The zero-order chi connectivity index (χ0) is 12.3. The number of rotatable bonds is 4. The molecule has 1 heterocycles. The normalized spacial score (nSPS) is 10.5. The first-order chi connectivity index (χ1) is 8.19. The van der Waals surface area contributed by atoms with Crippen LogP contribution in [-0.2, 0) is 9.53 Å². The molecule has 1 aromatic carbocycles. The fraction of sp³-hybridized carbons (Fsp3) is 0.333. The summed E-state index contributed by atoms with van der Waals surface area (Å²) in [6.45, 7) is 2.48. The quantitative estimate of drug-likeness (QED) is 0.791.